The minimum absolute atomic E-state index is 0.161. The van der Waals surface area contributed by atoms with Gasteiger partial charge >= 0.3 is 5.97 Å². The number of carboxylic acid groups (broad SMARTS) is 1. The number of nitrogens with zero attached hydrogens (tertiary/aromatic N) is 1. The van der Waals surface area contributed by atoms with Gasteiger partial charge < -0.3 is 19.7 Å². The number of amides is 1. The van der Waals surface area contributed by atoms with Gasteiger partial charge in [-0.25, -0.2) is 10.2 Å². The molecule has 0 aliphatic rings. The highest BCUT2D eigenvalue weighted by atomic mass is 16.5. The standard InChI is InChI=1S/C25H24N2O6/c1-17(23(28)29)33-22-18(10-9-15-21(22)32-2)16-26-27-24(30)25(31,19-11-5-3-6-12-19)20-13-7-4-8-14-20/h3-17,31H,1-2H3,(H,27,30)(H,28,29)/b26-16-/t17-/m0/s1. The Kier molecular flexibility index (Phi) is 7.42. The average Bonchev–Trinajstić information content (AvgIpc) is 2.85. The zero-order chi connectivity index (χ0) is 23.8. The fraction of sp³-hybridized carbons (Fsp3) is 0.160. The smallest absolute Gasteiger partial charge is 0.344 e. The first-order valence-electron chi connectivity index (χ1n) is 10.1. The largest absolute Gasteiger partial charge is 0.493 e. The molecule has 0 fully saturated rings. The fourth-order valence-electron chi connectivity index (χ4n) is 3.18. The highest BCUT2D eigenvalue weighted by Gasteiger charge is 2.39. The van der Waals surface area contributed by atoms with Crippen molar-refractivity contribution >= 4 is 18.1 Å². The van der Waals surface area contributed by atoms with Gasteiger partial charge in [-0.15, -0.1) is 0 Å². The Balaban J connectivity index is 1.90. The van der Waals surface area contributed by atoms with E-state index in [0.717, 1.165) is 0 Å². The molecular formula is C25H24N2O6. The summed E-state index contributed by atoms with van der Waals surface area (Å²) in [4.78, 5) is 24.3. The third-order valence-electron chi connectivity index (χ3n) is 4.95. The van der Waals surface area contributed by atoms with Crippen LogP contribution in [-0.4, -0.2) is 41.5 Å². The summed E-state index contributed by atoms with van der Waals surface area (Å²) in [5.74, 6) is -1.44. The molecule has 3 rings (SSSR count). The van der Waals surface area contributed by atoms with Gasteiger partial charge in [0.15, 0.2) is 23.2 Å². The number of rotatable bonds is 9. The lowest BCUT2D eigenvalue weighted by Gasteiger charge is -2.27. The van der Waals surface area contributed by atoms with E-state index in [1.165, 1.54) is 20.2 Å². The number of nitrogens with one attached hydrogen (secondary N) is 1. The third kappa shape index (κ3) is 5.19. The molecule has 0 saturated carbocycles. The molecule has 3 N–H and O–H groups in total. The lowest BCUT2D eigenvalue weighted by Crippen LogP contribution is -2.43. The summed E-state index contributed by atoms with van der Waals surface area (Å²) in [7, 11) is 1.43. The summed E-state index contributed by atoms with van der Waals surface area (Å²) in [5.41, 5.74) is 1.54. The van der Waals surface area contributed by atoms with Crippen LogP contribution in [-0.2, 0) is 15.2 Å². The molecule has 3 aromatic rings. The maximum Gasteiger partial charge on any atom is 0.344 e. The molecule has 0 aliphatic heterocycles. The van der Waals surface area contributed by atoms with Gasteiger partial charge in [-0.2, -0.15) is 5.10 Å². The number of ether oxygens (including phenoxy) is 2. The number of aliphatic carboxylic acids is 1. The van der Waals surface area contributed by atoms with Crippen molar-refractivity contribution in [2.45, 2.75) is 18.6 Å². The van der Waals surface area contributed by atoms with Crippen LogP contribution >= 0.6 is 0 Å². The first-order chi connectivity index (χ1) is 15.9. The first kappa shape index (κ1) is 23.5. The van der Waals surface area contributed by atoms with Crippen LogP contribution in [0.2, 0.25) is 0 Å². The summed E-state index contributed by atoms with van der Waals surface area (Å²) in [5, 5.41) is 24.6. The van der Waals surface area contributed by atoms with E-state index in [0.29, 0.717) is 22.4 Å². The first-order valence-corrected chi connectivity index (χ1v) is 10.1. The van der Waals surface area contributed by atoms with Crippen LogP contribution in [0.3, 0.4) is 0 Å². The molecular weight excluding hydrogens is 424 g/mol. The summed E-state index contributed by atoms with van der Waals surface area (Å²) in [6.45, 7) is 1.39. The number of hydrogen-bond donors (Lipinski definition) is 3. The molecule has 0 aromatic heterocycles. The van der Waals surface area contributed by atoms with Gasteiger partial charge in [0.05, 0.1) is 13.3 Å². The van der Waals surface area contributed by atoms with Crippen LogP contribution in [0.15, 0.2) is 84.0 Å². The predicted octanol–water partition coefficient (Wildman–Crippen LogP) is 2.93. The Morgan fingerprint density at radius 1 is 0.970 bits per heavy atom. The Morgan fingerprint density at radius 2 is 1.55 bits per heavy atom. The number of carboxylic acids is 1. The van der Waals surface area contributed by atoms with E-state index in [-0.39, 0.29) is 5.75 Å². The molecule has 170 valence electrons. The van der Waals surface area contributed by atoms with E-state index in [1.54, 1.807) is 78.9 Å². The Labute approximate surface area is 191 Å². The summed E-state index contributed by atoms with van der Waals surface area (Å²) in [6.07, 6.45) is 0.157. The second-order valence-electron chi connectivity index (χ2n) is 7.12. The van der Waals surface area contributed by atoms with Crippen LogP contribution < -0.4 is 14.9 Å². The number of carbonyl (C=O) groups is 2. The number of para-hydroxylation sites is 1. The number of methoxy groups -OCH3 is 1. The maximum absolute atomic E-state index is 13.1. The molecule has 0 spiro atoms. The van der Waals surface area contributed by atoms with Gasteiger partial charge in [-0.05, 0) is 30.2 Å². The Morgan fingerprint density at radius 3 is 2.06 bits per heavy atom. The normalized spacial score (nSPS) is 12.2. The monoisotopic (exact) mass is 448 g/mol. The van der Waals surface area contributed by atoms with E-state index in [2.05, 4.69) is 10.5 Å². The van der Waals surface area contributed by atoms with Crippen LogP contribution in [0, 0.1) is 0 Å². The van der Waals surface area contributed by atoms with Crippen LogP contribution in [0.5, 0.6) is 11.5 Å². The molecule has 8 nitrogen and oxygen atoms in total. The third-order valence-corrected chi connectivity index (χ3v) is 4.95. The zero-order valence-corrected chi connectivity index (χ0v) is 18.1. The van der Waals surface area contributed by atoms with Crippen molar-refractivity contribution in [1.82, 2.24) is 5.43 Å². The number of hydrogen-bond acceptors (Lipinski definition) is 6. The van der Waals surface area contributed by atoms with Gasteiger partial charge in [0, 0.05) is 5.56 Å². The molecule has 0 unspecified atom stereocenters. The van der Waals surface area contributed by atoms with Gasteiger partial charge in [0.25, 0.3) is 5.91 Å². The number of aliphatic hydroxyl groups is 1. The van der Waals surface area contributed by atoms with Crippen molar-refractivity contribution < 1.29 is 29.3 Å². The van der Waals surface area contributed by atoms with Gasteiger partial charge in [-0.1, -0.05) is 66.7 Å². The number of benzene rings is 3. The zero-order valence-electron chi connectivity index (χ0n) is 18.1. The van der Waals surface area contributed by atoms with Crippen molar-refractivity contribution in [3.05, 3.63) is 95.6 Å². The Bertz CT molecular complexity index is 1090. The van der Waals surface area contributed by atoms with E-state index >= 15 is 0 Å². The second kappa shape index (κ2) is 10.4. The number of hydrazone groups is 1. The molecule has 1 atom stereocenters. The van der Waals surface area contributed by atoms with Gasteiger partial charge in [-0.3, -0.25) is 4.79 Å². The highest BCUT2D eigenvalue weighted by molar-refractivity contribution is 5.92. The van der Waals surface area contributed by atoms with Crippen molar-refractivity contribution in [1.29, 1.82) is 0 Å². The lowest BCUT2D eigenvalue weighted by atomic mass is 9.85. The van der Waals surface area contributed by atoms with Gasteiger partial charge in [0.1, 0.15) is 0 Å². The average molecular weight is 448 g/mol. The highest BCUT2D eigenvalue weighted by Crippen LogP contribution is 2.32. The topological polar surface area (TPSA) is 117 Å². The minimum Gasteiger partial charge on any atom is -0.493 e. The van der Waals surface area contributed by atoms with Crippen molar-refractivity contribution in [2.75, 3.05) is 7.11 Å². The quantitative estimate of drug-likeness (QED) is 0.342. The molecule has 1 amide bonds. The molecule has 8 heteroatoms. The molecule has 0 aliphatic carbocycles. The fourth-order valence-corrected chi connectivity index (χ4v) is 3.18. The SMILES string of the molecule is COc1cccc(/C=N\NC(=O)C(O)(c2ccccc2)c2ccccc2)c1O[C@@H](C)C(=O)O. The van der Waals surface area contributed by atoms with E-state index in [1.807, 2.05) is 0 Å². The molecule has 0 heterocycles. The summed E-state index contributed by atoms with van der Waals surface area (Å²) < 4.78 is 10.8. The van der Waals surface area contributed by atoms with E-state index in [4.69, 9.17) is 14.6 Å². The second-order valence-corrected chi connectivity index (χ2v) is 7.12. The van der Waals surface area contributed by atoms with Crippen molar-refractivity contribution in [3.8, 4) is 11.5 Å². The molecule has 0 saturated heterocycles. The van der Waals surface area contributed by atoms with Crippen molar-refractivity contribution in [2.24, 2.45) is 5.10 Å². The lowest BCUT2D eigenvalue weighted by molar-refractivity contribution is -0.144. The van der Waals surface area contributed by atoms with Crippen LogP contribution in [0.4, 0.5) is 0 Å². The van der Waals surface area contributed by atoms with E-state index < -0.39 is 23.6 Å². The van der Waals surface area contributed by atoms with E-state index in [9.17, 15) is 14.7 Å². The number of carbonyl (C=O) groups excluding carboxylic acids is 1. The maximum atomic E-state index is 13.1. The molecule has 3 aromatic carbocycles. The minimum atomic E-state index is -1.98. The van der Waals surface area contributed by atoms with Crippen molar-refractivity contribution in [3.63, 3.8) is 0 Å². The molecule has 33 heavy (non-hydrogen) atoms. The van der Waals surface area contributed by atoms with Crippen LogP contribution in [0.25, 0.3) is 0 Å². The summed E-state index contributed by atoms with van der Waals surface area (Å²) >= 11 is 0. The molecule has 0 bridgehead atoms. The Hall–Kier alpha value is -4.17. The van der Waals surface area contributed by atoms with Crippen LogP contribution in [0.1, 0.15) is 23.6 Å². The predicted molar refractivity (Wildman–Crippen MR) is 122 cm³/mol. The molecule has 0 radical (unpaired) electrons. The van der Waals surface area contributed by atoms with Gasteiger partial charge in [0.2, 0.25) is 0 Å². The summed E-state index contributed by atoms with van der Waals surface area (Å²) in [6, 6.07) is 22.0.